The molecule has 3 aromatic rings. The van der Waals surface area contributed by atoms with E-state index in [1.54, 1.807) is 18.2 Å². The molecule has 0 bridgehead atoms. The molecule has 2 aromatic carbocycles. The number of aromatic nitrogens is 2. The minimum absolute atomic E-state index is 0.279. The highest BCUT2D eigenvalue weighted by atomic mass is 35.5. The highest BCUT2D eigenvalue weighted by molar-refractivity contribution is 6.31. The molecule has 2 amide bonds. The van der Waals surface area contributed by atoms with Gasteiger partial charge < -0.3 is 15.4 Å². The van der Waals surface area contributed by atoms with Crippen molar-refractivity contribution in [3.63, 3.8) is 0 Å². The molecule has 0 aliphatic carbocycles. The first-order chi connectivity index (χ1) is 13.1. The van der Waals surface area contributed by atoms with Crippen LogP contribution in [0.25, 0.3) is 11.3 Å². The predicted molar refractivity (Wildman–Crippen MR) is 106 cm³/mol. The second-order valence-corrected chi connectivity index (χ2v) is 6.25. The van der Waals surface area contributed by atoms with Crippen molar-refractivity contribution in [2.45, 2.75) is 6.92 Å². The summed E-state index contributed by atoms with van der Waals surface area (Å²) in [5.41, 5.74) is 3.37. The van der Waals surface area contributed by atoms with Crippen LogP contribution >= 0.6 is 11.6 Å². The quantitative estimate of drug-likeness (QED) is 0.623. The van der Waals surface area contributed by atoms with E-state index in [1.807, 2.05) is 49.4 Å². The third-order valence-electron chi connectivity index (χ3n) is 3.80. The van der Waals surface area contributed by atoms with Crippen molar-refractivity contribution >= 4 is 23.3 Å². The molecule has 0 unspecified atom stereocenters. The zero-order valence-electron chi connectivity index (χ0n) is 14.8. The van der Waals surface area contributed by atoms with Crippen LogP contribution in [-0.2, 0) is 0 Å². The lowest BCUT2D eigenvalue weighted by Crippen LogP contribution is -2.32. The SMILES string of the molecule is Cc1ccc(Cl)cc1NC(=O)NCCOc1ccc(-c2ccccc2)nn1. The molecule has 2 N–H and O–H groups in total. The summed E-state index contributed by atoms with van der Waals surface area (Å²) in [5, 5.41) is 14.2. The lowest BCUT2D eigenvalue weighted by atomic mass is 10.1. The fraction of sp³-hybridized carbons (Fsp3) is 0.150. The molecule has 7 heteroatoms. The molecule has 0 aliphatic heterocycles. The molecule has 0 spiro atoms. The van der Waals surface area contributed by atoms with Crippen molar-refractivity contribution in [3.05, 3.63) is 71.2 Å². The zero-order chi connectivity index (χ0) is 19.1. The molecule has 1 aromatic heterocycles. The van der Waals surface area contributed by atoms with Crippen molar-refractivity contribution in [1.82, 2.24) is 15.5 Å². The van der Waals surface area contributed by atoms with Gasteiger partial charge in [0.1, 0.15) is 6.61 Å². The number of ether oxygens (including phenoxy) is 1. The average molecular weight is 383 g/mol. The molecular weight excluding hydrogens is 364 g/mol. The van der Waals surface area contributed by atoms with E-state index in [1.165, 1.54) is 0 Å². The van der Waals surface area contributed by atoms with Crippen molar-refractivity contribution in [2.24, 2.45) is 0 Å². The zero-order valence-corrected chi connectivity index (χ0v) is 15.5. The lowest BCUT2D eigenvalue weighted by Gasteiger charge is -2.10. The van der Waals surface area contributed by atoms with Crippen LogP contribution in [0.3, 0.4) is 0 Å². The highest BCUT2D eigenvalue weighted by Gasteiger charge is 2.05. The van der Waals surface area contributed by atoms with Gasteiger partial charge in [-0.1, -0.05) is 48.0 Å². The predicted octanol–water partition coefficient (Wildman–Crippen LogP) is 4.31. The van der Waals surface area contributed by atoms with E-state index in [9.17, 15) is 4.79 Å². The lowest BCUT2D eigenvalue weighted by molar-refractivity contribution is 0.246. The van der Waals surface area contributed by atoms with Crippen LogP contribution in [0.1, 0.15) is 5.56 Å². The number of hydrogen-bond donors (Lipinski definition) is 2. The summed E-state index contributed by atoms with van der Waals surface area (Å²) >= 11 is 5.94. The molecule has 0 atom stereocenters. The van der Waals surface area contributed by atoms with Crippen molar-refractivity contribution in [3.8, 4) is 17.1 Å². The van der Waals surface area contributed by atoms with Gasteiger partial charge in [0.2, 0.25) is 5.88 Å². The summed E-state index contributed by atoms with van der Waals surface area (Å²) in [6, 6.07) is 18.4. The highest BCUT2D eigenvalue weighted by Crippen LogP contribution is 2.20. The van der Waals surface area contributed by atoms with Crippen LogP contribution in [0.4, 0.5) is 10.5 Å². The molecule has 0 radical (unpaired) electrons. The Morgan fingerprint density at radius 3 is 2.63 bits per heavy atom. The second kappa shape index (κ2) is 9.00. The Morgan fingerprint density at radius 1 is 1.07 bits per heavy atom. The number of carbonyl (C=O) groups excluding carboxylic acids is 1. The molecule has 1 heterocycles. The first kappa shape index (κ1) is 18.7. The smallest absolute Gasteiger partial charge is 0.319 e. The molecule has 0 saturated carbocycles. The van der Waals surface area contributed by atoms with Gasteiger partial charge in [0.05, 0.1) is 12.2 Å². The molecule has 0 saturated heterocycles. The van der Waals surface area contributed by atoms with E-state index >= 15 is 0 Å². The fourth-order valence-electron chi connectivity index (χ4n) is 2.38. The van der Waals surface area contributed by atoms with Crippen LogP contribution in [0.15, 0.2) is 60.7 Å². The van der Waals surface area contributed by atoms with E-state index < -0.39 is 0 Å². The van der Waals surface area contributed by atoms with Crippen LogP contribution in [0, 0.1) is 6.92 Å². The number of hydrogen-bond acceptors (Lipinski definition) is 4. The number of nitrogens with one attached hydrogen (secondary N) is 2. The Hall–Kier alpha value is -3.12. The molecule has 0 fully saturated rings. The molecule has 138 valence electrons. The standard InChI is InChI=1S/C20H19ClN4O2/c1-14-7-8-16(21)13-18(14)23-20(26)22-11-12-27-19-10-9-17(24-25-19)15-5-3-2-4-6-15/h2-10,13H,11-12H2,1H3,(H2,22,23,26). The van der Waals surface area contributed by atoms with Gasteiger partial charge in [-0.25, -0.2) is 4.79 Å². The van der Waals surface area contributed by atoms with E-state index in [2.05, 4.69) is 20.8 Å². The minimum Gasteiger partial charge on any atom is -0.475 e. The van der Waals surface area contributed by atoms with Crippen molar-refractivity contribution in [2.75, 3.05) is 18.5 Å². The van der Waals surface area contributed by atoms with Crippen molar-refractivity contribution < 1.29 is 9.53 Å². The number of halogens is 1. The molecular formula is C20H19ClN4O2. The summed E-state index contributed by atoms with van der Waals surface area (Å²) in [6.45, 7) is 2.50. The first-order valence-electron chi connectivity index (χ1n) is 8.45. The number of benzene rings is 2. The van der Waals surface area contributed by atoms with Crippen LogP contribution in [-0.4, -0.2) is 29.4 Å². The average Bonchev–Trinajstić information content (AvgIpc) is 2.69. The van der Waals surface area contributed by atoms with Gasteiger partial charge in [-0.3, -0.25) is 0 Å². The number of rotatable bonds is 6. The first-order valence-corrected chi connectivity index (χ1v) is 8.82. The fourth-order valence-corrected chi connectivity index (χ4v) is 2.55. The summed E-state index contributed by atoms with van der Waals surface area (Å²) < 4.78 is 5.50. The van der Waals surface area contributed by atoms with Crippen LogP contribution in [0.5, 0.6) is 5.88 Å². The number of aryl methyl sites for hydroxylation is 1. The minimum atomic E-state index is -0.325. The number of amides is 2. The molecule has 6 nitrogen and oxygen atoms in total. The largest absolute Gasteiger partial charge is 0.475 e. The third kappa shape index (κ3) is 5.43. The normalized spacial score (nSPS) is 10.3. The topological polar surface area (TPSA) is 76.1 Å². The summed E-state index contributed by atoms with van der Waals surface area (Å²) in [4.78, 5) is 11.9. The molecule has 0 aliphatic rings. The summed E-state index contributed by atoms with van der Waals surface area (Å²) in [5.74, 6) is 0.405. The van der Waals surface area contributed by atoms with Gasteiger partial charge in [-0.2, -0.15) is 0 Å². The van der Waals surface area contributed by atoms with Crippen molar-refractivity contribution in [1.29, 1.82) is 0 Å². The van der Waals surface area contributed by atoms with Crippen LogP contribution in [0.2, 0.25) is 5.02 Å². The Labute approximate surface area is 162 Å². The third-order valence-corrected chi connectivity index (χ3v) is 4.03. The van der Waals surface area contributed by atoms with Gasteiger partial charge in [0, 0.05) is 22.3 Å². The Bertz CT molecular complexity index is 902. The Morgan fingerprint density at radius 2 is 1.89 bits per heavy atom. The molecule has 3 rings (SSSR count). The maximum absolute atomic E-state index is 11.9. The van der Waals surface area contributed by atoms with Gasteiger partial charge in [0.15, 0.2) is 0 Å². The van der Waals surface area contributed by atoms with E-state index in [0.717, 1.165) is 16.8 Å². The maximum Gasteiger partial charge on any atom is 0.319 e. The summed E-state index contributed by atoms with van der Waals surface area (Å²) in [7, 11) is 0. The Balaban J connectivity index is 1.43. The van der Waals surface area contributed by atoms with Crippen LogP contribution < -0.4 is 15.4 Å². The second-order valence-electron chi connectivity index (χ2n) is 5.81. The number of carbonyl (C=O) groups is 1. The monoisotopic (exact) mass is 382 g/mol. The number of nitrogens with zero attached hydrogens (tertiary/aromatic N) is 2. The van der Waals surface area contributed by atoms with E-state index in [-0.39, 0.29) is 12.6 Å². The van der Waals surface area contributed by atoms with Gasteiger partial charge in [0.25, 0.3) is 0 Å². The van der Waals surface area contributed by atoms with Gasteiger partial charge >= 0.3 is 6.03 Å². The van der Waals surface area contributed by atoms with E-state index in [4.69, 9.17) is 16.3 Å². The Kier molecular flexibility index (Phi) is 6.22. The maximum atomic E-state index is 11.9. The number of urea groups is 1. The number of anilines is 1. The van der Waals surface area contributed by atoms with Gasteiger partial charge in [-0.15, -0.1) is 10.2 Å². The molecule has 27 heavy (non-hydrogen) atoms. The van der Waals surface area contributed by atoms with Gasteiger partial charge in [-0.05, 0) is 30.7 Å². The van der Waals surface area contributed by atoms with E-state index in [0.29, 0.717) is 23.1 Å². The summed E-state index contributed by atoms with van der Waals surface area (Å²) in [6.07, 6.45) is 0.